The molecule has 1 aliphatic rings. The Labute approximate surface area is 660 Å². The number of para-hydroxylation sites is 5. The van der Waals surface area contributed by atoms with Crippen LogP contribution in [0.5, 0.6) is 0 Å². The molecule has 1 unspecified atom stereocenters. The first-order valence-electron chi connectivity index (χ1n) is 39.0. The summed E-state index contributed by atoms with van der Waals surface area (Å²) in [5.41, 5.74) is 11.8. The number of carbonyl (C=O) groups excluding carboxylic acids is 2. The number of nitrogens with zero attached hydrogens (tertiary/aromatic N) is 11. The minimum absolute atomic E-state index is 0.0162. The van der Waals surface area contributed by atoms with Crippen molar-refractivity contribution in [3.8, 4) is 0 Å². The van der Waals surface area contributed by atoms with Crippen molar-refractivity contribution in [2.75, 3.05) is 98.3 Å². The number of aromatic amines is 2. The summed E-state index contributed by atoms with van der Waals surface area (Å²) in [4.78, 5) is 78.4. The summed E-state index contributed by atoms with van der Waals surface area (Å²) >= 11 is 0. The van der Waals surface area contributed by atoms with Gasteiger partial charge in [-0.25, -0.2) is 14.8 Å². The number of pyridine rings is 1. The number of amides is 2. The second kappa shape index (κ2) is 56.8. The molecule has 5 aromatic heterocycles. The fourth-order valence-corrected chi connectivity index (χ4v) is 10.5. The van der Waals surface area contributed by atoms with Gasteiger partial charge in [0.05, 0.1) is 5.69 Å². The van der Waals surface area contributed by atoms with Crippen LogP contribution in [-0.4, -0.2) is 119 Å². The molecule has 19 nitrogen and oxygen atoms in total. The molecule has 19 heteroatoms. The molecule has 11 aromatic rings. The fraction of sp³-hybridized carbons (Fsp3) is 0.352. The molecule has 1 saturated heterocycles. The molecule has 12 rings (SSSR count). The summed E-state index contributed by atoms with van der Waals surface area (Å²) in [6, 6.07) is 67.9. The zero-order chi connectivity index (χ0) is 83.3. The summed E-state index contributed by atoms with van der Waals surface area (Å²) in [7, 11) is 15.1. The first-order chi connectivity index (χ1) is 53.4. The third-order valence-corrected chi connectivity index (χ3v) is 16.4. The number of H-pyrrole nitrogens is 2. The maximum atomic E-state index is 13.0. The normalized spacial score (nSPS) is 10.5. The van der Waals surface area contributed by atoms with Gasteiger partial charge in [-0.1, -0.05) is 239 Å². The van der Waals surface area contributed by atoms with Crippen LogP contribution in [0.2, 0.25) is 0 Å². The maximum Gasteiger partial charge on any atom is 0.328 e. The Hall–Kier alpha value is -11.5. The molecule has 0 saturated carbocycles. The number of aryl methyl sites for hydroxylation is 2. The number of fused-ring (bicyclic) bond motifs is 1. The summed E-state index contributed by atoms with van der Waals surface area (Å²) in [6.45, 7) is 44.4. The van der Waals surface area contributed by atoms with E-state index in [0.29, 0.717) is 30.3 Å². The van der Waals surface area contributed by atoms with Gasteiger partial charge in [-0.2, -0.15) is 4.98 Å². The summed E-state index contributed by atoms with van der Waals surface area (Å²) in [5.74, 6) is 2.60. The molecule has 1 atom stereocenters. The summed E-state index contributed by atoms with van der Waals surface area (Å²) < 4.78 is 3.40. The Bertz CT molecular complexity index is 4230. The van der Waals surface area contributed by atoms with Gasteiger partial charge >= 0.3 is 5.69 Å². The van der Waals surface area contributed by atoms with Crippen LogP contribution in [0.3, 0.4) is 0 Å². The maximum absolute atomic E-state index is 13.0. The Balaban J connectivity index is 0.00000131. The molecule has 1 aliphatic heterocycles. The highest BCUT2D eigenvalue weighted by atomic mass is 16.2. The van der Waals surface area contributed by atoms with Crippen LogP contribution in [-0.2, 0) is 18.9 Å². The van der Waals surface area contributed by atoms with E-state index in [4.69, 9.17) is 4.98 Å². The predicted octanol–water partition coefficient (Wildman–Crippen LogP) is 20.5. The smallest absolute Gasteiger partial charge is 0.328 e. The Morgan fingerprint density at radius 2 is 1.01 bits per heavy atom. The summed E-state index contributed by atoms with van der Waals surface area (Å²) in [5, 5.41) is 7.02. The van der Waals surface area contributed by atoms with Crippen molar-refractivity contribution in [3.63, 3.8) is 0 Å². The van der Waals surface area contributed by atoms with Crippen molar-refractivity contribution in [1.29, 1.82) is 0 Å². The van der Waals surface area contributed by atoms with E-state index in [1.165, 1.54) is 4.57 Å². The van der Waals surface area contributed by atoms with Crippen molar-refractivity contribution in [1.82, 2.24) is 44.3 Å². The van der Waals surface area contributed by atoms with E-state index >= 15 is 0 Å². The van der Waals surface area contributed by atoms with Crippen molar-refractivity contribution >= 4 is 74.4 Å². The molecule has 1 fully saturated rings. The molecule has 6 aromatic carbocycles. The number of piperazine rings is 1. The van der Waals surface area contributed by atoms with Gasteiger partial charge in [0.25, 0.3) is 11.5 Å². The van der Waals surface area contributed by atoms with Gasteiger partial charge in [0.15, 0.2) is 5.82 Å². The lowest BCUT2D eigenvalue weighted by atomic mass is 10.0. The first kappa shape index (κ1) is 98.5. The molecule has 596 valence electrons. The number of hydrogen-bond acceptors (Lipinski definition) is 13. The standard InChI is InChI=1S/C20H23N5O.C19H20N4.C16H18N2O.C13H14N2.C7H10N2O2.8C2H6/c1-21-16-7-5-9-22-19(16)24-10-12-25(13-11-24)20(26)18-14-15-6-3-4-8-17(15)23(18)2;1-15-14-18(22(2)16-10-6-4-7-11-16)21-19(20-15)23(3)17-12-8-5-9-13-17;1-17-16(19)15(13-9-5-3-6-10-13)18(2)14-11-7-4-8-12-14;1-11(12-8-9-14-10-12)15(2)13-6-4-3-5-7-13;1-4-5(2)9(3)7(11)8-6(4)10;8*1-2/h3-9,14,21H,10-13H2,1-2H3;4-14H,1-3H3;3-12,15H,1-2H3,(H,17,19);3-10,14H,1H2,2H3;1-3H3,(H,8,10,11);8*1-2H3. The van der Waals surface area contributed by atoms with Crippen LogP contribution in [0.4, 0.5) is 46.0 Å². The number of likely N-dealkylation sites (N-methyl/N-ethyl adjacent to an activating group) is 2. The minimum Gasteiger partial charge on any atom is -0.385 e. The third kappa shape index (κ3) is 29.9. The van der Waals surface area contributed by atoms with Gasteiger partial charge in [0.2, 0.25) is 11.9 Å². The van der Waals surface area contributed by atoms with Crippen molar-refractivity contribution in [3.05, 3.63) is 286 Å². The van der Waals surface area contributed by atoms with E-state index in [0.717, 1.165) is 92.3 Å². The number of rotatable bonds is 14. The highest BCUT2D eigenvalue weighted by molar-refractivity contribution is 5.99. The number of nitrogens with one attached hydrogen (secondary N) is 4. The first-order valence-corrected chi connectivity index (χ1v) is 39.0. The van der Waals surface area contributed by atoms with Crippen LogP contribution in [0, 0.1) is 20.8 Å². The van der Waals surface area contributed by atoms with Crippen molar-refractivity contribution < 1.29 is 9.59 Å². The van der Waals surface area contributed by atoms with Gasteiger partial charge in [-0.3, -0.25) is 19.4 Å². The van der Waals surface area contributed by atoms with E-state index in [2.05, 4.69) is 76.1 Å². The minimum atomic E-state index is -0.363. The Morgan fingerprint density at radius 3 is 1.49 bits per heavy atom. The predicted molar refractivity (Wildman–Crippen MR) is 476 cm³/mol. The molecule has 2 amide bonds. The quantitative estimate of drug-likeness (QED) is 0.0805. The highest BCUT2D eigenvalue weighted by Gasteiger charge is 2.27. The van der Waals surface area contributed by atoms with Crippen LogP contribution < -0.4 is 46.4 Å². The molecule has 0 spiro atoms. The van der Waals surface area contributed by atoms with Gasteiger partial charge in [-0.05, 0) is 105 Å². The lowest BCUT2D eigenvalue weighted by Gasteiger charge is -2.36. The second-order valence-corrected chi connectivity index (χ2v) is 22.4. The zero-order valence-electron chi connectivity index (χ0n) is 71.5. The molecule has 6 heterocycles. The van der Waals surface area contributed by atoms with Crippen LogP contribution in [0.15, 0.2) is 241 Å². The van der Waals surface area contributed by atoms with Gasteiger partial charge in [0, 0.05) is 169 Å². The number of anilines is 8. The average Bonchev–Trinajstić information content (AvgIpc) is 1.67. The lowest BCUT2D eigenvalue weighted by molar-refractivity contribution is -0.122. The SMILES string of the molecule is C=C(c1cc[nH]c1)N(C)c1ccccc1.CC.CC.CC.CC.CC.CC.CC.CC.CNC(=O)C(c1ccccc1)N(C)c1ccccc1.CNc1cccnc1N1CCN(C(=O)c2cc3ccccc3n2C)CC1.Cc1c(C)n(C)c(=O)[nH]c1=O.Cc1cc(N(C)c2ccccc2)nc(N(C)c2ccccc2)n1. The highest BCUT2D eigenvalue weighted by Crippen LogP contribution is 2.30. The zero-order valence-corrected chi connectivity index (χ0v) is 71.5. The molecule has 0 aliphatic carbocycles. The second-order valence-electron chi connectivity index (χ2n) is 22.4. The van der Waals surface area contributed by atoms with Gasteiger partial charge < -0.3 is 54.2 Å². The topological polar surface area (TPSA) is 192 Å². The molecule has 4 N–H and O–H groups in total. The number of aromatic nitrogens is 7. The number of hydrogen-bond donors (Lipinski definition) is 4. The summed E-state index contributed by atoms with van der Waals surface area (Å²) in [6.07, 6.45) is 5.66. The lowest BCUT2D eigenvalue weighted by Crippen LogP contribution is -2.49. The molecular formula is C91H133N15O4. The van der Waals surface area contributed by atoms with Crippen molar-refractivity contribution in [2.24, 2.45) is 14.1 Å². The van der Waals surface area contributed by atoms with E-state index in [9.17, 15) is 19.2 Å². The van der Waals surface area contributed by atoms with Crippen LogP contribution in [0.1, 0.15) is 155 Å². The Kier molecular flexibility index (Phi) is 50.8. The van der Waals surface area contributed by atoms with Gasteiger partial charge in [-0.15, -0.1) is 0 Å². The third-order valence-electron chi connectivity index (χ3n) is 16.4. The monoisotopic (exact) mass is 1500 g/mol. The van der Waals surface area contributed by atoms with Crippen LogP contribution in [0.25, 0.3) is 16.6 Å². The Morgan fingerprint density at radius 1 is 0.536 bits per heavy atom. The van der Waals surface area contributed by atoms with E-state index < -0.39 is 0 Å². The molecule has 0 radical (unpaired) electrons. The van der Waals surface area contributed by atoms with Crippen molar-refractivity contribution in [2.45, 2.75) is 138 Å². The van der Waals surface area contributed by atoms with E-state index in [-0.39, 0.29) is 29.1 Å². The van der Waals surface area contributed by atoms with E-state index in [1.54, 1.807) is 27.9 Å². The molecule has 110 heavy (non-hydrogen) atoms. The largest absolute Gasteiger partial charge is 0.385 e. The average molecular weight is 1500 g/mol. The number of benzene rings is 6. The van der Waals surface area contributed by atoms with Gasteiger partial charge in [0.1, 0.15) is 17.6 Å². The molecule has 0 bridgehead atoms. The van der Waals surface area contributed by atoms with E-state index in [1.807, 2.05) is 380 Å². The van der Waals surface area contributed by atoms with Crippen LogP contribution >= 0.6 is 0 Å². The fourth-order valence-electron chi connectivity index (χ4n) is 10.5. The molecular weight excluding hydrogens is 1370 g/mol. The number of carbonyl (C=O) groups is 2.